The van der Waals surface area contributed by atoms with Crippen molar-refractivity contribution in [2.24, 2.45) is 0 Å². The Labute approximate surface area is 187 Å². The largest absolute Gasteiger partial charge is 0.496 e. The Kier molecular flexibility index (Phi) is 7.72. The lowest BCUT2D eigenvalue weighted by molar-refractivity contribution is -0.138. The molecule has 3 aromatic rings. The first-order valence-electron chi connectivity index (χ1n) is 9.95. The highest BCUT2D eigenvalue weighted by molar-refractivity contribution is 6.43. The van der Waals surface area contributed by atoms with E-state index >= 15 is 0 Å². The van der Waals surface area contributed by atoms with Crippen LogP contribution in [0, 0.1) is 0 Å². The molecule has 0 fully saturated rings. The maximum atomic E-state index is 13.2. The molecule has 12 heteroatoms. The van der Waals surface area contributed by atoms with E-state index < -0.39 is 30.7 Å². The van der Waals surface area contributed by atoms with Crippen molar-refractivity contribution < 1.29 is 37.3 Å². The third kappa shape index (κ3) is 6.56. The summed E-state index contributed by atoms with van der Waals surface area (Å²) in [5.41, 5.74) is -0.125. The fourth-order valence-electron chi connectivity index (χ4n) is 3.15. The van der Waals surface area contributed by atoms with Crippen molar-refractivity contribution in [1.82, 2.24) is 15.5 Å². The maximum absolute atomic E-state index is 13.2. The molecule has 0 saturated heterocycles. The Morgan fingerprint density at radius 3 is 2.58 bits per heavy atom. The number of nitrogens with one attached hydrogen (secondary N) is 1. The van der Waals surface area contributed by atoms with Crippen LogP contribution in [0.15, 0.2) is 53.1 Å². The Balaban J connectivity index is 1.61. The van der Waals surface area contributed by atoms with Gasteiger partial charge in [0.1, 0.15) is 5.75 Å². The van der Waals surface area contributed by atoms with E-state index in [2.05, 4.69) is 15.5 Å². The van der Waals surface area contributed by atoms with Crippen LogP contribution in [0.5, 0.6) is 5.75 Å². The summed E-state index contributed by atoms with van der Waals surface area (Å²) >= 11 is 0. The number of carbonyl (C=O) groups excluding carboxylic acids is 1. The van der Waals surface area contributed by atoms with Gasteiger partial charge in [-0.05, 0) is 36.2 Å². The van der Waals surface area contributed by atoms with Gasteiger partial charge in [-0.25, -0.2) is 0 Å². The van der Waals surface area contributed by atoms with Crippen molar-refractivity contribution in [3.8, 4) is 17.2 Å². The zero-order valence-electron chi connectivity index (χ0n) is 17.5. The summed E-state index contributed by atoms with van der Waals surface area (Å²) in [7, 11) is -0.864. The van der Waals surface area contributed by atoms with Gasteiger partial charge in [0, 0.05) is 18.4 Å². The van der Waals surface area contributed by atoms with Crippen molar-refractivity contribution in [2.75, 3.05) is 7.11 Å². The van der Waals surface area contributed by atoms with Gasteiger partial charge in [-0.1, -0.05) is 29.4 Å². The monoisotopic (exact) mass is 463 g/mol. The van der Waals surface area contributed by atoms with E-state index in [9.17, 15) is 28.0 Å². The summed E-state index contributed by atoms with van der Waals surface area (Å²) < 4.78 is 49.6. The first kappa shape index (κ1) is 24.3. The van der Waals surface area contributed by atoms with Crippen LogP contribution >= 0.6 is 0 Å². The molecule has 0 saturated carbocycles. The molecule has 1 unspecified atom stereocenters. The van der Waals surface area contributed by atoms with E-state index in [1.807, 2.05) is 18.2 Å². The van der Waals surface area contributed by atoms with Crippen LogP contribution in [0.3, 0.4) is 0 Å². The van der Waals surface area contributed by atoms with Gasteiger partial charge >= 0.3 is 13.3 Å². The van der Waals surface area contributed by atoms with Crippen LogP contribution in [0.2, 0.25) is 0 Å². The molecule has 174 valence electrons. The van der Waals surface area contributed by atoms with Crippen molar-refractivity contribution in [3.05, 3.63) is 65.5 Å². The quantitative estimate of drug-likeness (QED) is 0.418. The molecule has 0 aliphatic heterocycles. The highest BCUT2D eigenvalue weighted by atomic mass is 19.4. The molecule has 1 amide bonds. The number of aryl methyl sites for hydroxylation is 1. The molecule has 0 aliphatic rings. The van der Waals surface area contributed by atoms with Gasteiger partial charge in [-0.2, -0.15) is 18.2 Å². The molecule has 8 nitrogen and oxygen atoms in total. The number of amides is 1. The summed E-state index contributed by atoms with van der Waals surface area (Å²) in [6.45, 7) is 0. The number of methoxy groups -OCH3 is 1. The van der Waals surface area contributed by atoms with E-state index in [0.717, 1.165) is 24.8 Å². The van der Waals surface area contributed by atoms with Crippen molar-refractivity contribution in [1.29, 1.82) is 0 Å². The van der Waals surface area contributed by atoms with E-state index in [1.54, 1.807) is 12.1 Å². The lowest BCUT2D eigenvalue weighted by atomic mass is 9.75. The van der Waals surface area contributed by atoms with Crippen LogP contribution in [-0.2, 0) is 23.8 Å². The minimum absolute atomic E-state index is 0.0899. The second kappa shape index (κ2) is 10.5. The average molecular weight is 463 g/mol. The number of alkyl halides is 3. The molecule has 3 N–H and O–H groups in total. The van der Waals surface area contributed by atoms with Gasteiger partial charge in [-0.15, -0.1) is 0 Å². The van der Waals surface area contributed by atoms with Gasteiger partial charge in [0.15, 0.2) is 5.82 Å². The summed E-state index contributed by atoms with van der Waals surface area (Å²) in [5.74, 6) is -1.54. The van der Waals surface area contributed by atoms with Crippen LogP contribution in [0.4, 0.5) is 13.2 Å². The van der Waals surface area contributed by atoms with E-state index in [1.165, 1.54) is 6.07 Å². The molecular formula is C21H21BF3N3O5. The number of carbonyl (C=O) groups is 1. The molecule has 1 heterocycles. The summed E-state index contributed by atoms with van der Waals surface area (Å²) in [4.78, 5) is 16.5. The van der Waals surface area contributed by atoms with E-state index in [-0.39, 0.29) is 36.4 Å². The summed E-state index contributed by atoms with van der Waals surface area (Å²) in [5, 5.41) is 25.5. The van der Waals surface area contributed by atoms with Crippen molar-refractivity contribution in [2.45, 2.75) is 31.4 Å². The molecule has 3 rings (SSSR count). The van der Waals surface area contributed by atoms with Crippen LogP contribution in [0.1, 0.15) is 23.4 Å². The Morgan fingerprint density at radius 2 is 1.94 bits per heavy atom. The second-order valence-electron chi connectivity index (χ2n) is 7.21. The second-order valence-corrected chi connectivity index (χ2v) is 7.21. The van der Waals surface area contributed by atoms with Crippen molar-refractivity contribution >= 4 is 13.0 Å². The van der Waals surface area contributed by atoms with Gasteiger partial charge in [0.05, 0.1) is 18.6 Å². The van der Waals surface area contributed by atoms with Gasteiger partial charge in [0.2, 0.25) is 5.91 Å². The highest BCUT2D eigenvalue weighted by Gasteiger charge is 2.35. The number of nitrogens with zero attached hydrogens (tertiary/aromatic N) is 2. The third-order valence-electron chi connectivity index (χ3n) is 4.80. The van der Waals surface area contributed by atoms with Gasteiger partial charge < -0.3 is 24.6 Å². The number of rotatable bonds is 9. The summed E-state index contributed by atoms with van der Waals surface area (Å²) in [6, 6.07) is 12.4. The fourth-order valence-corrected chi connectivity index (χ4v) is 3.15. The zero-order chi connectivity index (χ0) is 24.0. The topological polar surface area (TPSA) is 118 Å². The number of hydrogen-bond acceptors (Lipinski definition) is 7. The van der Waals surface area contributed by atoms with Crippen molar-refractivity contribution in [3.63, 3.8) is 0 Å². The average Bonchev–Trinajstić information content (AvgIpc) is 3.26. The number of benzene rings is 2. The molecule has 1 aromatic heterocycles. The Morgan fingerprint density at radius 1 is 1.21 bits per heavy atom. The molecule has 2 aromatic carbocycles. The normalized spacial score (nSPS) is 12.3. The number of halogens is 3. The zero-order valence-corrected chi connectivity index (χ0v) is 17.5. The highest BCUT2D eigenvalue weighted by Crippen LogP contribution is 2.36. The first-order chi connectivity index (χ1) is 15.7. The SMILES string of the molecule is COc1ccc(CC(NC(=O)CCc2noc(-c3ccccc3)n2)B(O)O)cc1C(F)(F)F. The first-order valence-corrected chi connectivity index (χ1v) is 9.95. The molecular weight excluding hydrogens is 442 g/mol. The predicted octanol–water partition coefficient (Wildman–Crippen LogP) is 2.44. The third-order valence-corrected chi connectivity index (χ3v) is 4.80. The molecule has 33 heavy (non-hydrogen) atoms. The number of ether oxygens (including phenoxy) is 1. The molecule has 0 spiro atoms. The molecule has 1 atom stereocenters. The maximum Gasteiger partial charge on any atom is 0.475 e. The lowest BCUT2D eigenvalue weighted by Gasteiger charge is -2.19. The van der Waals surface area contributed by atoms with Crippen LogP contribution in [-0.4, -0.2) is 46.3 Å². The van der Waals surface area contributed by atoms with Gasteiger partial charge in [-0.3, -0.25) is 4.79 Å². The van der Waals surface area contributed by atoms with Gasteiger partial charge in [0.25, 0.3) is 5.89 Å². The minimum Gasteiger partial charge on any atom is -0.496 e. The summed E-state index contributed by atoms with van der Waals surface area (Å²) in [6.07, 6.45) is -4.86. The van der Waals surface area contributed by atoms with Crippen LogP contribution < -0.4 is 10.1 Å². The number of hydrogen-bond donors (Lipinski definition) is 3. The number of aromatic nitrogens is 2. The molecule has 0 bridgehead atoms. The standard InChI is InChI=1S/C21H21BF3N3O5/c1-32-16-8-7-13(11-15(16)21(23,24)25)12-17(22(30)31)26-19(29)10-9-18-27-20(33-28-18)14-5-3-2-4-6-14/h2-8,11,17,30-31H,9-10,12H2,1H3,(H,26,29). The smallest absolute Gasteiger partial charge is 0.475 e. The van der Waals surface area contributed by atoms with Crippen LogP contribution in [0.25, 0.3) is 11.5 Å². The Hall–Kier alpha value is -3.38. The molecule has 0 radical (unpaired) electrons. The van der Waals surface area contributed by atoms with E-state index in [4.69, 9.17) is 9.26 Å². The molecule has 0 aliphatic carbocycles. The minimum atomic E-state index is -4.65. The fraction of sp³-hybridized carbons (Fsp3) is 0.286. The predicted molar refractivity (Wildman–Crippen MR) is 112 cm³/mol. The lowest BCUT2D eigenvalue weighted by Crippen LogP contribution is -2.48. The van der Waals surface area contributed by atoms with E-state index in [0.29, 0.717) is 5.89 Å². The Bertz CT molecular complexity index is 1080.